The Morgan fingerprint density at radius 2 is 2.09 bits per heavy atom. The number of carbonyl (C=O) groups is 3. The normalized spacial score (nSPS) is 23.1. The fourth-order valence-electron chi connectivity index (χ4n) is 3.16. The summed E-state index contributed by atoms with van der Waals surface area (Å²) in [5.41, 5.74) is 0.863. The maximum absolute atomic E-state index is 12.8. The molecule has 3 rings (SSSR count). The molecule has 0 aromatic heterocycles. The maximum Gasteiger partial charge on any atom is 0.326 e. The Morgan fingerprint density at radius 3 is 2.82 bits per heavy atom. The van der Waals surface area contributed by atoms with E-state index in [1.807, 2.05) is 24.3 Å². The van der Waals surface area contributed by atoms with E-state index in [1.165, 1.54) is 0 Å². The zero-order chi connectivity index (χ0) is 15.9. The Labute approximate surface area is 128 Å². The van der Waals surface area contributed by atoms with Gasteiger partial charge in [0, 0.05) is 0 Å². The summed E-state index contributed by atoms with van der Waals surface area (Å²) in [7, 11) is 0. The van der Waals surface area contributed by atoms with Gasteiger partial charge in [-0.15, -0.1) is 0 Å². The van der Waals surface area contributed by atoms with Gasteiger partial charge in [-0.25, -0.2) is 4.79 Å². The molecule has 0 saturated carbocycles. The molecule has 0 bridgehead atoms. The van der Waals surface area contributed by atoms with Crippen molar-refractivity contribution in [3.63, 3.8) is 0 Å². The fraction of sp³-hybridized carbons (Fsp3) is 0.438. The van der Waals surface area contributed by atoms with Gasteiger partial charge in [-0.2, -0.15) is 0 Å². The highest BCUT2D eigenvalue weighted by atomic mass is 16.5. The molecule has 1 aromatic carbocycles. The molecule has 1 N–H and O–H groups in total. The number of ether oxygens (including phenoxy) is 1. The number of imide groups is 1. The molecule has 0 radical (unpaired) electrons. The summed E-state index contributed by atoms with van der Waals surface area (Å²) in [4.78, 5) is 37.6. The third-order valence-electron chi connectivity index (χ3n) is 4.08. The average Bonchev–Trinajstić information content (AvgIpc) is 2.93. The number of amides is 3. The molecule has 1 aliphatic carbocycles. The minimum Gasteiger partial charge on any atom is -0.462 e. The third kappa shape index (κ3) is 2.15. The van der Waals surface area contributed by atoms with Gasteiger partial charge < -0.3 is 10.1 Å². The maximum atomic E-state index is 12.8. The molecule has 1 spiro atoms. The van der Waals surface area contributed by atoms with Crippen molar-refractivity contribution in [1.29, 1.82) is 0 Å². The van der Waals surface area contributed by atoms with Crippen molar-refractivity contribution < 1.29 is 19.1 Å². The van der Waals surface area contributed by atoms with Crippen LogP contribution in [0.25, 0.3) is 0 Å². The largest absolute Gasteiger partial charge is 0.462 e. The highest BCUT2D eigenvalue weighted by Crippen LogP contribution is 2.41. The Bertz CT molecular complexity index is 655. The van der Waals surface area contributed by atoms with Crippen LogP contribution in [0.4, 0.5) is 4.79 Å². The van der Waals surface area contributed by atoms with E-state index in [0.29, 0.717) is 6.42 Å². The van der Waals surface area contributed by atoms with Crippen LogP contribution in [0.3, 0.4) is 0 Å². The van der Waals surface area contributed by atoms with Gasteiger partial charge in [0.05, 0.1) is 6.10 Å². The summed E-state index contributed by atoms with van der Waals surface area (Å²) >= 11 is 0. The van der Waals surface area contributed by atoms with Crippen LogP contribution in [0, 0.1) is 0 Å². The lowest BCUT2D eigenvalue weighted by atomic mass is 9.92. The van der Waals surface area contributed by atoms with Crippen LogP contribution in [0.15, 0.2) is 24.3 Å². The molecule has 1 unspecified atom stereocenters. The van der Waals surface area contributed by atoms with Gasteiger partial charge >= 0.3 is 12.0 Å². The second-order valence-corrected chi connectivity index (χ2v) is 5.92. The Balaban J connectivity index is 1.85. The summed E-state index contributed by atoms with van der Waals surface area (Å²) in [6.45, 7) is 3.09. The van der Waals surface area contributed by atoms with Crippen molar-refractivity contribution in [2.75, 3.05) is 6.54 Å². The minimum absolute atomic E-state index is 0.283. The number of hydrogen-bond acceptors (Lipinski definition) is 4. The lowest BCUT2D eigenvalue weighted by Gasteiger charge is -2.22. The van der Waals surface area contributed by atoms with Crippen molar-refractivity contribution >= 4 is 17.9 Å². The van der Waals surface area contributed by atoms with Crippen LogP contribution in [0.2, 0.25) is 0 Å². The molecule has 1 atom stereocenters. The number of benzene rings is 1. The van der Waals surface area contributed by atoms with Gasteiger partial charge in [0.15, 0.2) is 0 Å². The predicted molar refractivity (Wildman–Crippen MR) is 77.9 cm³/mol. The molecule has 22 heavy (non-hydrogen) atoms. The second kappa shape index (κ2) is 5.12. The summed E-state index contributed by atoms with van der Waals surface area (Å²) in [5.74, 6) is -0.954. The van der Waals surface area contributed by atoms with E-state index in [9.17, 15) is 14.4 Å². The first-order chi connectivity index (χ1) is 10.4. The molecule has 6 nitrogen and oxygen atoms in total. The van der Waals surface area contributed by atoms with Crippen molar-refractivity contribution in [1.82, 2.24) is 10.2 Å². The molecule has 1 heterocycles. The number of carbonyl (C=O) groups excluding carboxylic acids is 3. The summed E-state index contributed by atoms with van der Waals surface area (Å²) < 4.78 is 5.02. The van der Waals surface area contributed by atoms with Crippen LogP contribution >= 0.6 is 0 Å². The number of hydrogen-bond donors (Lipinski definition) is 1. The minimum atomic E-state index is -1.02. The van der Waals surface area contributed by atoms with Crippen molar-refractivity contribution in [3.8, 4) is 0 Å². The third-order valence-corrected chi connectivity index (χ3v) is 4.08. The van der Waals surface area contributed by atoms with Gasteiger partial charge in [0.1, 0.15) is 12.1 Å². The van der Waals surface area contributed by atoms with E-state index < -0.39 is 17.5 Å². The van der Waals surface area contributed by atoms with E-state index >= 15 is 0 Å². The molecule has 3 amide bonds. The van der Waals surface area contributed by atoms with Crippen LogP contribution in [0.5, 0.6) is 0 Å². The fourth-order valence-corrected chi connectivity index (χ4v) is 3.16. The first-order valence-electron chi connectivity index (χ1n) is 7.36. The highest BCUT2D eigenvalue weighted by Gasteiger charge is 2.55. The number of nitrogens with zero attached hydrogens (tertiary/aromatic N) is 1. The molecule has 1 aromatic rings. The van der Waals surface area contributed by atoms with Gasteiger partial charge in [-0.3, -0.25) is 14.5 Å². The van der Waals surface area contributed by atoms with Gasteiger partial charge in [0.25, 0.3) is 5.91 Å². The smallest absolute Gasteiger partial charge is 0.326 e. The average molecular weight is 302 g/mol. The monoisotopic (exact) mass is 302 g/mol. The molecule has 1 fully saturated rings. The lowest BCUT2D eigenvalue weighted by Crippen LogP contribution is -2.42. The van der Waals surface area contributed by atoms with Crippen LogP contribution in [-0.2, 0) is 26.3 Å². The first kappa shape index (κ1) is 14.6. The zero-order valence-electron chi connectivity index (χ0n) is 12.6. The summed E-state index contributed by atoms with van der Waals surface area (Å²) in [5, 5.41) is 2.77. The summed E-state index contributed by atoms with van der Waals surface area (Å²) in [6.07, 6.45) is 0.966. The van der Waals surface area contributed by atoms with Crippen molar-refractivity contribution in [3.05, 3.63) is 35.4 Å². The number of aryl methyl sites for hydroxylation is 1. The predicted octanol–water partition coefficient (Wildman–Crippen LogP) is 1.33. The lowest BCUT2D eigenvalue weighted by molar-refractivity contribution is -0.151. The Hall–Kier alpha value is -2.37. The first-order valence-corrected chi connectivity index (χ1v) is 7.36. The standard InChI is InChI=1S/C16H18N2O4/c1-10(2)22-13(19)9-18-14(20)16(17-15(18)21)8-7-11-5-3-4-6-12(11)16/h3-6,10H,7-9H2,1-2H3,(H,17,21). The second-order valence-electron chi connectivity index (χ2n) is 5.92. The van der Waals surface area contributed by atoms with E-state index in [0.717, 1.165) is 22.4 Å². The van der Waals surface area contributed by atoms with Crippen LogP contribution in [-0.4, -0.2) is 35.5 Å². The Morgan fingerprint density at radius 1 is 1.36 bits per heavy atom. The number of esters is 1. The van der Waals surface area contributed by atoms with Crippen molar-refractivity contribution in [2.45, 2.75) is 38.3 Å². The highest BCUT2D eigenvalue weighted by molar-refractivity contribution is 6.09. The van der Waals surface area contributed by atoms with Gasteiger partial charge in [0.2, 0.25) is 0 Å². The number of fused-ring (bicyclic) bond motifs is 2. The van der Waals surface area contributed by atoms with Crippen LogP contribution < -0.4 is 5.32 Å². The topological polar surface area (TPSA) is 75.7 Å². The van der Waals surface area contributed by atoms with E-state index in [4.69, 9.17) is 4.74 Å². The number of rotatable bonds is 3. The molecule has 2 aliphatic rings. The van der Waals surface area contributed by atoms with Crippen LogP contribution in [0.1, 0.15) is 31.4 Å². The SMILES string of the molecule is CC(C)OC(=O)CN1C(=O)NC2(CCc3ccccc32)C1=O. The molecule has 116 valence electrons. The van der Waals surface area contributed by atoms with Gasteiger partial charge in [-0.05, 0) is 37.8 Å². The zero-order valence-corrected chi connectivity index (χ0v) is 12.6. The van der Waals surface area contributed by atoms with Crippen molar-refractivity contribution in [2.24, 2.45) is 0 Å². The van der Waals surface area contributed by atoms with E-state index in [1.54, 1.807) is 13.8 Å². The number of nitrogens with one attached hydrogen (secondary N) is 1. The molecular weight excluding hydrogens is 284 g/mol. The molecular formula is C16H18N2O4. The molecule has 6 heteroatoms. The number of urea groups is 1. The van der Waals surface area contributed by atoms with E-state index in [-0.39, 0.29) is 18.6 Å². The van der Waals surface area contributed by atoms with E-state index in [2.05, 4.69) is 5.32 Å². The quantitative estimate of drug-likeness (QED) is 0.675. The Kier molecular flexibility index (Phi) is 3.39. The molecule has 1 aliphatic heterocycles. The van der Waals surface area contributed by atoms with Gasteiger partial charge in [-0.1, -0.05) is 24.3 Å². The molecule has 1 saturated heterocycles. The summed E-state index contributed by atoms with van der Waals surface area (Å²) in [6, 6.07) is 7.04.